The molecule has 2 unspecified atom stereocenters. The number of carbonyl (C=O) groups excluding carboxylic acids is 1. The zero-order valence-electron chi connectivity index (χ0n) is 13.5. The summed E-state index contributed by atoms with van der Waals surface area (Å²) in [6.45, 7) is 9.28. The summed E-state index contributed by atoms with van der Waals surface area (Å²) in [5, 5.41) is 12.5. The average molecular weight is 300 g/mol. The monoisotopic (exact) mass is 300 g/mol. The number of carboxylic acid groups (broad SMARTS) is 1. The van der Waals surface area contributed by atoms with Crippen LogP contribution in [0.1, 0.15) is 47.0 Å². The lowest BCUT2D eigenvalue weighted by molar-refractivity contribution is -0.148. The number of carbonyl (C=O) groups is 2. The lowest BCUT2D eigenvalue weighted by atomic mass is 9.93. The molecule has 21 heavy (non-hydrogen) atoms. The Morgan fingerprint density at radius 3 is 2.52 bits per heavy atom. The van der Waals surface area contributed by atoms with Crippen LogP contribution in [0.4, 0.5) is 4.79 Å². The Morgan fingerprint density at radius 1 is 1.38 bits per heavy atom. The van der Waals surface area contributed by atoms with Gasteiger partial charge >= 0.3 is 12.0 Å². The van der Waals surface area contributed by atoms with Crippen LogP contribution in [0.5, 0.6) is 0 Å². The molecule has 1 heterocycles. The zero-order valence-corrected chi connectivity index (χ0v) is 13.5. The highest BCUT2D eigenvalue weighted by Gasteiger charge is 2.48. The number of likely N-dealkylation sites (tertiary alicyclic amines) is 1. The molecule has 2 amide bonds. The van der Waals surface area contributed by atoms with Gasteiger partial charge in [-0.2, -0.15) is 0 Å². The van der Waals surface area contributed by atoms with Crippen LogP contribution in [0, 0.1) is 5.92 Å². The minimum absolute atomic E-state index is 0.110. The van der Waals surface area contributed by atoms with Crippen LogP contribution in [0.25, 0.3) is 0 Å². The van der Waals surface area contributed by atoms with E-state index in [0.717, 1.165) is 6.42 Å². The fourth-order valence-corrected chi connectivity index (χ4v) is 2.80. The van der Waals surface area contributed by atoms with Crippen molar-refractivity contribution in [3.05, 3.63) is 0 Å². The van der Waals surface area contributed by atoms with Crippen LogP contribution >= 0.6 is 0 Å². The molecule has 0 spiro atoms. The summed E-state index contributed by atoms with van der Waals surface area (Å²) < 4.78 is 5.40. The SMILES string of the molecule is CCOCC(NC(=O)N1CCCC1(CC)C(=O)O)C(C)C. The number of rotatable bonds is 7. The molecule has 0 saturated carbocycles. The third-order valence-electron chi connectivity index (χ3n) is 4.33. The summed E-state index contributed by atoms with van der Waals surface area (Å²) in [5.41, 5.74) is -1.06. The van der Waals surface area contributed by atoms with E-state index < -0.39 is 11.5 Å². The van der Waals surface area contributed by atoms with Crippen LogP contribution in [0.3, 0.4) is 0 Å². The molecular weight excluding hydrogens is 272 g/mol. The minimum Gasteiger partial charge on any atom is -0.479 e. The maximum atomic E-state index is 12.5. The van der Waals surface area contributed by atoms with Gasteiger partial charge in [-0.05, 0) is 32.1 Å². The number of ether oxygens (including phenoxy) is 1. The molecule has 1 fully saturated rings. The molecule has 1 saturated heterocycles. The molecule has 2 atom stereocenters. The summed E-state index contributed by atoms with van der Waals surface area (Å²) in [7, 11) is 0. The van der Waals surface area contributed by atoms with E-state index in [1.54, 1.807) is 0 Å². The quantitative estimate of drug-likeness (QED) is 0.754. The predicted molar refractivity (Wildman–Crippen MR) is 80.2 cm³/mol. The van der Waals surface area contributed by atoms with Crippen molar-refractivity contribution in [3.8, 4) is 0 Å². The van der Waals surface area contributed by atoms with E-state index in [2.05, 4.69) is 5.32 Å². The molecule has 0 bridgehead atoms. The van der Waals surface area contributed by atoms with Crippen LogP contribution in [-0.2, 0) is 9.53 Å². The van der Waals surface area contributed by atoms with Crippen LogP contribution in [-0.4, -0.2) is 53.3 Å². The smallest absolute Gasteiger partial charge is 0.329 e. The standard InChI is InChI=1S/C15H28N2O4/c1-5-15(13(18)19)8-7-9-17(15)14(20)16-12(11(3)4)10-21-6-2/h11-12H,5-10H2,1-4H3,(H,16,20)(H,18,19). The van der Waals surface area contributed by atoms with Crippen molar-refractivity contribution < 1.29 is 19.4 Å². The van der Waals surface area contributed by atoms with Gasteiger partial charge in [-0.15, -0.1) is 0 Å². The van der Waals surface area contributed by atoms with E-state index in [9.17, 15) is 14.7 Å². The zero-order chi connectivity index (χ0) is 16.0. The van der Waals surface area contributed by atoms with E-state index in [0.29, 0.717) is 32.6 Å². The average Bonchev–Trinajstić information content (AvgIpc) is 2.88. The highest BCUT2D eigenvalue weighted by Crippen LogP contribution is 2.32. The minimum atomic E-state index is -1.06. The Bertz CT molecular complexity index is 373. The van der Waals surface area contributed by atoms with Crippen molar-refractivity contribution in [1.29, 1.82) is 0 Å². The van der Waals surface area contributed by atoms with E-state index in [1.165, 1.54) is 4.90 Å². The summed E-state index contributed by atoms with van der Waals surface area (Å²) >= 11 is 0. The highest BCUT2D eigenvalue weighted by atomic mass is 16.5. The third kappa shape index (κ3) is 3.87. The maximum absolute atomic E-state index is 12.5. The first-order valence-electron chi connectivity index (χ1n) is 7.78. The molecule has 0 aliphatic carbocycles. The first-order chi connectivity index (χ1) is 9.89. The summed E-state index contributed by atoms with van der Waals surface area (Å²) in [6, 6.07) is -0.406. The fraction of sp³-hybridized carbons (Fsp3) is 0.867. The number of amides is 2. The molecule has 0 aromatic heterocycles. The molecule has 1 rings (SSSR count). The molecule has 122 valence electrons. The largest absolute Gasteiger partial charge is 0.479 e. The Kier molecular flexibility index (Phi) is 6.45. The van der Waals surface area contributed by atoms with Crippen LogP contribution in [0.2, 0.25) is 0 Å². The fourth-order valence-electron chi connectivity index (χ4n) is 2.80. The Hall–Kier alpha value is -1.30. The highest BCUT2D eigenvalue weighted by molar-refractivity contribution is 5.87. The molecule has 1 aliphatic rings. The number of nitrogens with one attached hydrogen (secondary N) is 1. The number of hydrogen-bond acceptors (Lipinski definition) is 3. The van der Waals surface area contributed by atoms with Gasteiger partial charge in [-0.25, -0.2) is 9.59 Å². The van der Waals surface area contributed by atoms with Gasteiger partial charge in [0.25, 0.3) is 0 Å². The number of urea groups is 1. The first-order valence-corrected chi connectivity index (χ1v) is 7.78. The number of nitrogens with zero attached hydrogens (tertiary/aromatic N) is 1. The summed E-state index contributed by atoms with van der Waals surface area (Å²) in [4.78, 5) is 25.6. The number of aliphatic carboxylic acids is 1. The van der Waals surface area contributed by atoms with Crippen LogP contribution in [0.15, 0.2) is 0 Å². The van der Waals surface area contributed by atoms with Crippen molar-refractivity contribution in [1.82, 2.24) is 10.2 Å². The second kappa shape index (κ2) is 7.64. The van der Waals surface area contributed by atoms with Crippen molar-refractivity contribution in [2.45, 2.75) is 58.5 Å². The maximum Gasteiger partial charge on any atom is 0.329 e. The van der Waals surface area contributed by atoms with Gasteiger partial charge in [0.15, 0.2) is 0 Å². The van der Waals surface area contributed by atoms with E-state index in [4.69, 9.17) is 4.74 Å². The van der Waals surface area contributed by atoms with E-state index in [1.807, 2.05) is 27.7 Å². The van der Waals surface area contributed by atoms with Gasteiger partial charge < -0.3 is 20.1 Å². The second-order valence-electron chi connectivity index (χ2n) is 5.90. The third-order valence-corrected chi connectivity index (χ3v) is 4.33. The Balaban J connectivity index is 2.79. The van der Waals surface area contributed by atoms with Crippen LogP contribution < -0.4 is 5.32 Å². The molecular formula is C15H28N2O4. The molecule has 0 aromatic rings. The van der Waals surface area contributed by atoms with Gasteiger partial charge in [0.05, 0.1) is 12.6 Å². The predicted octanol–water partition coefficient (Wildman–Crippen LogP) is 2.09. The van der Waals surface area contributed by atoms with Gasteiger partial charge in [0.2, 0.25) is 0 Å². The van der Waals surface area contributed by atoms with Crippen molar-refractivity contribution in [2.24, 2.45) is 5.92 Å². The molecule has 1 aliphatic heterocycles. The van der Waals surface area contributed by atoms with Gasteiger partial charge in [0, 0.05) is 13.2 Å². The van der Waals surface area contributed by atoms with Crippen molar-refractivity contribution >= 4 is 12.0 Å². The summed E-state index contributed by atoms with van der Waals surface area (Å²) in [5.74, 6) is -0.687. The Morgan fingerprint density at radius 2 is 2.05 bits per heavy atom. The van der Waals surface area contributed by atoms with E-state index >= 15 is 0 Å². The van der Waals surface area contributed by atoms with Gasteiger partial charge in [-0.3, -0.25) is 0 Å². The lowest BCUT2D eigenvalue weighted by Gasteiger charge is -2.35. The van der Waals surface area contributed by atoms with Gasteiger partial charge in [0.1, 0.15) is 5.54 Å². The topological polar surface area (TPSA) is 78.9 Å². The number of hydrogen-bond donors (Lipinski definition) is 2. The molecule has 2 N–H and O–H groups in total. The molecule has 6 heteroatoms. The van der Waals surface area contributed by atoms with E-state index in [-0.39, 0.29) is 18.0 Å². The molecule has 0 radical (unpaired) electrons. The normalized spacial score (nSPS) is 23.4. The molecule has 0 aromatic carbocycles. The Labute approximate surface area is 126 Å². The van der Waals surface area contributed by atoms with Crippen molar-refractivity contribution in [3.63, 3.8) is 0 Å². The second-order valence-corrected chi connectivity index (χ2v) is 5.90. The van der Waals surface area contributed by atoms with Crippen molar-refractivity contribution in [2.75, 3.05) is 19.8 Å². The van der Waals surface area contributed by atoms with Gasteiger partial charge in [-0.1, -0.05) is 20.8 Å². The number of carboxylic acids is 1. The lowest BCUT2D eigenvalue weighted by Crippen LogP contribution is -2.58. The first kappa shape index (κ1) is 17.8. The summed E-state index contributed by atoms with van der Waals surface area (Å²) in [6.07, 6.45) is 1.67. The molecule has 6 nitrogen and oxygen atoms in total.